The maximum Gasteiger partial charge on any atom is 0.258 e. The highest BCUT2D eigenvalue weighted by Crippen LogP contribution is 2.26. The number of benzene rings is 1. The maximum absolute atomic E-state index is 12.8. The number of hydrogen-bond donors (Lipinski definition) is 0. The van der Waals surface area contributed by atoms with Crippen molar-refractivity contribution in [3.8, 4) is 5.75 Å². The highest BCUT2D eigenvalue weighted by Gasteiger charge is 2.24. The standard InChI is InChI=1S/C20H20N4O3S/c25-18-12-16(21-20-24(18)8-10-28-20)13-22-4-6-23(7-5-22)19(26)15-1-2-17-14(11-15)3-9-27-17/h1-2,8,10-12H,3-7,9,13H2. The van der Waals surface area contributed by atoms with Crippen LogP contribution in [0.15, 0.2) is 40.6 Å². The smallest absolute Gasteiger partial charge is 0.258 e. The number of ether oxygens (including phenoxy) is 1. The molecule has 0 unspecified atom stereocenters. The van der Waals surface area contributed by atoms with Crippen molar-refractivity contribution in [2.45, 2.75) is 13.0 Å². The molecule has 2 aliphatic rings. The van der Waals surface area contributed by atoms with Gasteiger partial charge in [0.2, 0.25) is 0 Å². The van der Waals surface area contributed by atoms with E-state index in [9.17, 15) is 9.59 Å². The van der Waals surface area contributed by atoms with Gasteiger partial charge in [0.25, 0.3) is 11.5 Å². The van der Waals surface area contributed by atoms with Crippen LogP contribution in [0.5, 0.6) is 5.75 Å². The summed E-state index contributed by atoms with van der Waals surface area (Å²) in [5, 5.41) is 1.86. The highest BCUT2D eigenvalue weighted by molar-refractivity contribution is 7.15. The number of hydrogen-bond acceptors (Lipinski definition) is 6. The van der Waals surface area contributed by atoms with Gasteiger partial charge in [-0.15, -0.1) is 11.3 Å². The molecule has 0 radical (unpaired) electrons. The predicted octanol–water partition coefficient (Wildman–Crippen LogP) is 1.65. The normalized spacial score (nSPS) is 16.9. The van der Waals surface area contributed by atoms with Crippen molar-refractivity contribution < 1.29 is 9.53 Å². The van der Waals surface area contributed by atoms with Gasteiger partial charge in [-0.25, -0.2) is 4.98 Å². The summed E-state index contributed by atoms with van der Waals surface area (Å²) in [4.78, 5) is 34.4. The number of fused-ring (bicyclic) bond motifs is 2. The largest absolute Gasteiger partial charge is 0.493 e. The molecule has 3 aromatic rings. The van der Waals surface area contributed by atoms with E-state index < -0.39 is 0 Å². The zero-order valence-electron chi connectivity index (χ0n) is 15.3. The predicted molar refractivity (Wildman–Crippen MR) is 106 cm³/mol. The van der Waals surface area contributed by atoms with Crippen LogP contribution in [-0.2, 0) is 13.0 Å². The van der Waals surface area contributed by atoms with Crippen molar-refractivity contribution in [2.75, 3.05) is 32.8 Å². The van der Waals surface area contributed by atoms with Crippen LogP contribution in [0.3, 0.4) is 0 Å². The molecule has 1 amide bonds. The van der Waals surface area contributed by atoms with E-state index in [1.54, 1.807) is 16.7 Å². The number of aromatic nitrogens is 2. The SMILES string of the molecule is O=C(c1ccc2c(c1)CCO2)N1CCN(Cc2cc(=O)n3ccsc3n2)CC1. The molecule has 1 aromatic carbocycles. The van der Waals surface area contributed by atoms with Crippen LogP contribution in [0, 0.1) is 0 Å². The summed E-state index contributed by atoms with van der Waals surface area (Å²) >= 11 is 1.46. The minimum Gasteiger partial charge on any atom is -0.493 e. The van der Waals surface area contributed by atoms with E-state index in [-0.39, 0.29) is 11.5 Å². The Balaban J connectivity index is 1.23. The number of nitrogens with zero attached hydrogens (tertiary/aromatic N) is 4. The van der Waals surface area contributed by atoms with Gasteiger partial charge in [0.1, 0.15) is 5.75 Å². The molecule has 0 atom stereocenters. The zero-order valence-corrected chi connectivity index (χ0v) is 16.2. The molecule has 0 saturated carbocycles. The van der Waals surface area contributed by atoms with Crippen LogP contribution in [0.2, 0.25) is 0 Å². The number of piperazine rings is 1. The molecule has 1 saturated heterocycles. The lowest BCUT2D eigenvalue weighted by molar-refractivity contribution is 0.0627. The molecular weight excluding hydrogens is 376 g/mol. The molecule has 2 aromatic heterocycles. The number of thiazole rings is 1. The van der Waals surface area contributed by atoms with Crippen molar-refractivity contribution in [3.63, 3.8) is 0 Å². The minimum atomic E-state index is -0.0457. The first kappa shape index (κ1) is 17.4. The van der Waals surface area contributed by atoms with Crippen LogP contribution >= 0.6 is 11.3 Å². The van der Waals surface area contributed by atoms with E-state index in [4.69, 9.17) is 4.74 Å². The van der Waals surface area contributed by atoms with Crippen molar-refractivity contribution in [2.24, 2.45) is 0 Å². The minimum absolute atomic E-state index is 0.0457. The second-order valence-corrected chi connectivity index (χ2v) is 8.00. The summed E-state index contributed by atoms with van der Waals surface area (Å²) in [5.41, 5.74) is 2.59. The fraction of sp³-hybridized carbons (Fsp3) is 0.350. The molecule has 8 heteroatoms. The van der Waals surface area contributed by atoms with Crippen LogP contribution in [0.4, 0.5) is 0 Å². The molecule has 0 bridgehead atoms. The molecular formula is C20H20N4O3S. The van der Waals surface area contributed by atoms with Gasteiger partial charge in [-0.1, -0.05) is 0 Å². The lowest BCUT2D eigenvalue weighted by Crippen LogP contribution is -2.48. The first-order valence-electron chi connectivity index (χ1n) is 9.40. The van der Waals surface area contributed by atoms with Gasteiger partial charge in [0, 0.05) is 62.4 Å². The van der Waals surface area contributed by atoms with Crippen molar-refractivity contribution in [3.05, 3.63) is 63.0 Å². The number of carbonyl (C=O) groups excluding carboxylic acids is 1. The van der Waals surface area contributed by atoms with Crippen LogP contribution in [-0.4, -0.2) is 57.9 Å². The summed E-state index contributed by atoms with van der Waals surface area (Å²) in [6.07, 6.45) is 2.61. The number of carbonyl (C=O) groups is 1. The monoisotopic (exact) mass is 396 g/mol. The number of amides is 1. The van der Waals surface area contributed by atoms with Crippen molar-refractivity contribution >= 4 is 22.2 Å². The van der Waals surface area contributed by atoms with Gasteiger partial charge in [-0.05, 0) is 23.8 Å². The highest BCUT2D eigenvalue weighted by atomic mass is 32.1. The van der Waals surface area contributed by atoms with E-state index in [1.165, 1.54) is 11.3 Å². The molecule has 1 fully saturated rings. The van der Waals surface area contributed by atoms with Gasteiger partial charge in [0.15, 0.2) is 4.96 Å². The Morgan fingerprint density at radius 3 is 2.89 bits per heavy atom. The lowest BCUT2D eigenvalue weighted by Gasteiger charge is -2.34. The third-order valence-corrected chi connectivity index (χ3v) is 6.09. The second kappa shape index (κ2) is 7.03. The van der Waals surface area contributed by atoms with Gasteiger partial charge < -0.3 is 9.64 Å². The van der Waals surface area contributed by atoms with Crippen LogP contribution in [0.1, 0.15) is 21.6 Å². The average molecular weight is 396 g/mol. The topological polar surface area (TPSA) is 67.2 Å². The van der Waals surface area contributed by atoms with Gasteiger partial charge in [-0.2, -0.15) is 0 Å². The number of rotatable bonds is 3. The Labute approximate surface area is 165 Å². The third kappa shape index (κ3) is 3.18. The summed E-state index contributed by atoms with van der Waals surface area (Å²) < 4.78 is 7.08. The molecule has 0 aliphatic carbocycles. The fourth-order valence-corrected chi connectivity index (χ4v) is 4.55. The molecule has 2 aliphatic heterocycles. The summed E-state index contributed by atoms with van der Waals surface area (Å²) in [6, 6.07) is 7.32. The summed E-state index contributed by atoms with van der Waals surface area (Å²) in [6.45, 7) is 4.21. The Morgan fingerprint density at radius 1 is 1.18 bits per heavy atom. The quantitative estimate of drug-likeness (QED) is 0.674. The fourth-order valence-electron chi connectivity index (χ4n) is 3.81. The van der Waals surface area contributed by atoms with Gasteiger partial charge in [-0.3, -0.25) is 18.9 Å². The molecule has 0 spiro atoms. The Bertz CT molecular complexity index is 1100. The van der Waals surface area contributed by atoms with E-state index in [0.717, 1.165) is 47.0 Å². The first-order chi connectivity index (χ1) is 13.7. The van der Waals surface area contributed by atoms with Crippen LogP contribution < -0.4 is 10.3 Å². The van der Waals surface area contributed by atoms with E-state index in [1.807, 2.05) is 28.5 Å². The van der Waals surface area contributed by atoms with Crippen molar-refractivity contribution in [1.82, 2.24) is 19.2 Å². The van der Waals surface area contributed by atoms with Crippen LogP contribution in [0.25, 0.3) is 4.96 Å². The van der Waals surface area contributed by atoms with Crippen molar-refractivity contribution in [1.29, 1.82) is 0 Å². The Morgan fingerprint density at radius 2 is 2.04 bits per heavy atom. The first-order valence-corrected chi connectivity index (χ1v) is 10.3. The molecule has 28 heavy (non-hydrogen) atoms. The molecule has 7 nitrogen and oxygen atoms in total. The summed E-state index contributed by atoms with van der Waals surface area (Å²) in [5.74, 6) is 0.971. The Kier molecular flexibility index (Phi) is 4.37. The zero-order chi connectivity index (χ0) is 19.1. The maximum atomic E-state index is 12.8. The summed E-state index contributed by atoms with van der Waals surface area (Å²) in [7, 11) is 0. The molecule has 0 N–H and O–H groups in total. The molecule has 4 heterocycles. The van der Waals surface area contributed by atoms with E-state index in [0.29, 0.717) is 26.2 Å². The average Bonchev–Trinajstić information content (AvgIpc) is 3.37. The van der Waals surface area contributed by atoms with Gasteiger partial charge in [0.05, 0.1) is 12.3 Å². The van der Waals surface area contributed by atoms with E-state index >= 15 is 0 Å². The lowest BCUT2D eigenvalue weighted by atomic mass is 10.1. The Hall–Kier alpha value is -2.71. The molecule has 144 valence electrons. The van der Waals surface area contributed by atoms with Gasteiger partial charge >= 0.3 is 0 Å². The molecule has 5 rings (SSSR count). The third-order valence-electron chi connectivity index (χ3n) is 5.34. The second-order valence-electron chi connectivity index (χ2n) is 7.13. The van der Waals surface area contributed by atoms with E-state index in [2.05, 4.69) is 9.88 Å².